The van der Waals surface area contributed by atoms with Gasteiger partial charge in [-0.05, 0) is 24.1 Å². The average Bonchev–Trinajstić information content (AvgIpc) is 2.98. The number of aliphatic hydroxyl groups excluding tert-OH is 1. The van der Waals surface area contributed by atoms with Gasteiger partial charge in [-0.2, -0.15) is 0 Å². The molecule has 6 nitrogen and oxygen atoms in total. The molecule has 2 rings (SSSR count). The van der Waals surface area contributed by atoms with Gasteiger partial charge in [0.25, 0.3) is 0 Å². The van der Waals surface area contributed by atoms with Crippen LogP contribution in [-0.4, -0.2) is 63.6 Å². The Morgan fingerprint density at radius 3 is 2.86 bits per heavy atom. The monoisotopic (exact) mass is 311 g/mol. The molecule has 0 aliphatic carbocycles. The van der Waals surface area contributed by atoms with Crippen molar-refractivity contribution in [3.63, 3.8) is 0 Å². The number of methoxy groups -OCH3 is 2. The molecule has 0 radical (unpaired) electrons. The van der Waals surface area contributed by atoms with Crippen LogP contribution in [0.1, 0.15) is 18.1 Å². The van der Waals surface area contributed by atoms with E-state index in [9.17, 15) is 5.11 Å². The molecular formula is C16H25NO5. The van der Waals surface area contributed by atoms with Crippen molar-refractivity contribution in [1.29, 1.82) is 0 Å². The van der Waals surface area contributed by atoms with Crippen molar-refractivity contribution >= 4 is 0 Å². The smallest absolute Gasteiger partial charge is 0.188 e. The van der Waals surface area contributed by atoms with Crippen LogP contribution in [0.25, 0.3) is 0 Å². The SMILES string of the molecule is COCOc1cccc(C(O)CN2CCC(OCOC)C2)c1. The maximum atomic E-state index is 10.4. The van der Waals surface area contributed by atoms with Crippen LogP contribution < -0.4 is 4.74 Å². The Balaban J connectivity index is 1.83. The summed E-state index contributed by atoms with van der Waals surface area (Å²) < 4.78 is 20.8. The van der Waals surface area contributed by atoms with Gasteiger partial charge in [0, 0.05) is 33.9 Å². The summed E-state index contributed by atoms with van der Waals surface area (Å²) in [4.78, 5) is 2.20. The van der Waals surface area contributed by atoms with Crippen LogP contribution in [0.3, 0.4) is 0 Å². The molecule has 1 aliphatic rings. The van der Waals surface area contributed by atoms with Crippen molar-refractivity contribution < 1.29 is 24.1 Å². The fraction of sp³-hybridized carbons (Fsp3) is 0.625. The van der Waals surface area contributed by atoms with Crippen molar-refractivity contribution in [2.45, 2.75) is 18.6 Å². The molecule has 1 heterocycles. The largest absolute Gasteiger partial charge is 0.468 e. The number of hydrogen-bond donors (Lipinski definition) is 1. The molecule has 0 saturated carbocycles. The Bertz CT molecular complexity index is 442. The van der Waals surface area contributed by atoms with Crippen LogP contribution in [0, 0.1) is 0 Å². The van der Waals surface area contributed by atoms with Crippen molar-refractivity contribution in [2.24, 2.45) is 0 Å². The van der Waals surface area contributed by atoms with E-state index in [-0.39, 0.29) is 12.9 Å². The van der Waals surface area contributed by atoms with Gasteiger partial charge in [0.1, 0.15) is 12.5 Å². The second-order valence-electron chi connectivity index (χ2n) is 5.38. The normalized spacial score (nSPS) is 20.2. The highest BCUT2D eigenvalue weighted by Gasteiger charge is 2.25. The van der Waals surface area contributed by atoms with Crippen molar-refractivity contribution in [1.82, 2.24) is 4.90 Å². The number of rotatable bonds is 9. The first-order valence-corrected chi connectivity index (χ1v) is 7.45. The summed E-state index contributed by atoms with van der Waals surface area (Å²) in [5.74, 6) is 0.695. The lowest BCUT2D eigenvalue weighted by Gasteiger charge is -2.20. The van der Waals surface area contributed by atoms with Gasteiger partial charge in [0.05, 0.1) is 12.2 Å². The molecule has 1 aromatic carbocycles. The Kier molecular flexibility index (Phi) is 7.08. The fourth-order valence-electron chi connectivity index (χ4n) is 2.55. The zero-order chi connectivity index (χ0) is 15.8. The maximum Gasteiger partial charge on any atom is 0.188 e. The zero-order valence-corrected chi connectivity index (χ0v) is 13.2. The number of likely N-dealkylation sites (tertiary alicyclic amines) is 1. The molecule has 0 bridgehead atoms. The number of ether oxygens (including phenoxy) is 4. The van der Waals surface area contributed by atoms with Gasteiger partial charge < -0.3 is 24.1 Å². The Hall–Kier alpha value is -1.18. The Morgan fingerprint density at radius 1 is 1.27 bits per heavy atom. The van der Waals surface area contributed by atoms with Gasteiger partial charge in [0.2, 0.25) is 0 Å². The van der Waals surface area contributed by atoms with Gasteiger partial charge >= 0.3 is 0 Å². The molecular weight excluding hydrogens is 286 g/mol. The molecule has 0 amide bonds. The first-order valence-electron chi connectivity index (χ1n) is 7.45. The number of hydrogen-bond acceptors (Lipinski definition) is 6. The third kappa shape index (κ3) is 5.23. The topological polar surface area (TPSA) is 60.4 Å². The van der Waals surface area contributed by atoms with E-state index in [1.165, 1.54) is 0 Å². The Labute approximate surface area is 131 Å². The van der Waals surface area contributed by atoms with E-state index in [1.54, 1.807) is 14.2 Å². The van der Waals surface area contributed by atoms with Gasteiger partial charge in [-0.1, -0.05) is 12.1 Å². The van der Waals surface area contributed by atoms with Crippen LogP contribution in [0.15, 0.2) is 24.3 Å². The molecule has 2 atom stereocenters. The highest BCUT2D eigenvalue weighted by atomic mass is 16.7. The van der Waals surface area contributed by atoms with E-state index in [4.69, 9.17) is 18.9 Å². The summed E-state index contributed by atoms with van der Waals surface area (Å²) in [5, 5.41) is 10.4. The highest BCUT2D eigenvalue weighted by Crippen LogP contribution is 2.22. The fourth-order valence-corrected chi connectivity index (χ4v) is 2.55. The standard InChI is InChI=1S/C16H25NO5/c1-19-11-21-14-5-3-4-13(8-14)16(18)10-17-7-6-15(9-17)22-12-20-2/h3-5,8,15-16,18H,6-7,9-12H2,1-2H3. The van der Waals surface area contributed by atoms with Crippen molar-refractivity contribution in [2.75, 3.05) is 47.4 Å². The summed E-state index contributed by atoms with van der Waals surface area (Å²) in [6.45, 7) is 2.84. The van der Waals surface area contributed by atoms with Crippen LogP contribution in [0.2, 0.25) is 0 Å². The van der Waals surface area contributed by atoms with E-state index >= 15 is 0 Å². The molecule has 124 valence electrons. The number of nitrogens with zero attached hydrogens (tertiary/aromatic N) is 1. The van der Waals surface area contributed by atoms with E-state index in [1.807, 2.05) is 24.3 Å². The number of aliphatic hydroxyl groups is 1. The number of benzene rings is 1. The molecule has 22 heavy (non-hydrogen) atoms. The van der Waals surface area contributed by atoms with Gasteiger partial charge in [-0.25, -0.2) is 0 Å². The molecule has 0 spiro atoms. The van der Waals surface area contributed by atoms with Gasteiger partial charge in [0.15, 0.2) is 6.79 Å². The summed E-state index contributed by atoms with van der Waals surface area (Å²) in [7, 11) is 3.20. The molecule has 1 saturated heterocycles. The third-order valence-corrected chi connectivity index (χ3v) is 3.67. The van der Waals surface area contributed by atoms with Crippen molar-refractivity contribution in [3.05, 3.63) is 29.8 Å². The summed E-state index contributed by atoms with van der Waals surface area (Å²) in [6, 6.07) is 7.47. The lowest BCUT2D eigenvalue weighted by atomic mass is 10.1. The summed E-state index contributed by atoms with van der Waals surface area (Å²) in [6.07, 6.45) is 0.600. The molecule has 0 aromatic heterocycles. The minimum Gasteiger partial charge on any atom is -0.468 e. The molecule has 2 unspecified atom stereocenters. The molecule has 1 aromatic rings. The number of β-amino-alcohol motifs (C(OH)–C–C–N with tert-alkyl or cyclic N) is 1. The lowest BCUT2D eigenvalue weighted by molar-refractivity contribution is -0.0677. The lowest BCUT2D eigenvalue weighted by Crippen LogP contribution is -2.28. The Morgan fingerprint density at radius 2 is 2.09 bits per heavy atom. The minimum atomic E-state index is -0.549. The maximum absolute atomic E-state index is 10.4. The van der Waals surface area contributed by atoms with E-state index < -0.39 is 6.10 Å². The quantitative estimate of drug-likeness (QED) is 0.696. The second-order valence-corrected chi connectivity index (χ2v) is 5.38. The van der Waals surface area contributed by atoms with E-state index in [2.05, 4.69) is 4.90 Å². The molecule has 6 heteroatoms. The average molecular weight is 311 g/mol. The molecule has 1 N–H and O–H groups in total. The molecule has 1 fully saturated rings. The molecule has 1 aliphatic heterocycles. The first kappa shape index (κ1) is 17.2. The summed E-state index contributed by atoms with van der Waals surface area (Å²) >= 11 is 0. The predicted molar refractivity (Wildman–Crippen MR) is 81.7 cm³/mol. The predicted octanol–water partition coefficient (Wildman–Crippen LogP) is 1.40. The van der Waals surface area contributed by atoms with Crippen LogP contribution in [0.4, 0.5) is 0 Å². The first-order chi connectivity index (χ1) is 10.7. The van der Waals surface area contributed by atoms with Gasteiger partial charge in [-0.3, -0.25) is 4.90 Å². The summed E-state index contributed by atoms with van der Waals surface area (Å²) in [5.41, 5.74) is 0.842. The minimum absolute atomic E-state index is 0.184. The van der Waals surface area contributed by atoms with Crippen molar-refractivity contribution in [3.8, 4) is 5.75 Å². The van der Waals surface area contributed by atoms with Gasteiger partial charge in [-0.15, -0.1) is 0 Å². The highest BCUT2D eigenvalue weighted by molar-refractivity contribution is 5.30. The second kappa shape index (κ2) is 9.07. The van der Waals surface area contributed by atoms with E-state index in [0.29, 0.717) is 19.1 Å². The van der Waals surface area contributed by atoms with Crippen LogP contribution in [0.5, 0.6) is 5.75 Å². The third-order valence-electron chi connectivity index (χ3n) is 3.67. The van der Waals surface area contributed by atoms with E-state index in [0.717, 1.165) is 25.1 Å². The zero-order valence-electron chi connectivity index (χ0n) is 13.2. The van der Waals surface area contributed by atoms with Crippen LogP contribution in [-0.2, 0) is 14.2 Å². The van der Waals surface area contributed by atoms with Crippen LogP contribution >= 0.6 is 0 Å².